The number of hydrogen-bond donors (Lipinski definition) is 2. The van der Waals surface area contributed by atoms with E-state index in [-0.39, 0.29) is 5.41 Å². The van der Waals surface area contributed by atoms with E-state index in [1.807, 2.05) is 6.92 Å². The average molecular weight is 157 g/mol. The molecule has 11 heavy (non-hydrogen) atoms. The van der Waals surface area contributed by atoms with E-state index in [0.29, 0.717) is 12.5 Å². The third-order valence-corrected chi connectivity index (χ3v) is 3.44. The highest BCUT2D eigenvalue weighted by atomic mass is 16.3. The lowest BCUT2D eigenvalue weighted by Crippen LogP contribution is -2.45. The highest BCUT2D eigenvalue weighted by Gasteiger charge is 2.56. The van der Waals surface area contributed by atoms with Gasteiger partial charge in [0.05, 0.1) is 5.60 Å². The fraction of sp³-hybridized carbons (Fsp3) is 1.00. The third-order valence-electron chi connectivity index (χ3n) is 3.44. The minimum atomic E-state index is -0.568. The molecule has 0 bridgehead atoms. The van der Waals surface area contributed by atoms with Crippen molar-refractivity contribution < 1.29 is 5.11 Å². The Kier molecular flexibility index (Phi) is 2.01. The first-order chi connectivity index (χ1) is 4.96. The predicted octanol–water partition coefficient (Wildman–Crippen LogP) is 1.13. The summed E-state index contributed by atoms with van der Waals surface area (Å²) in [5.74, 6) is 0.300. The van der Waals surface area contributed by atoms with Gasteiger partial charge >= 0.3 is 0 Å². The zero-order chi connectivity index (χ0) is 8.70. The Labute approximate surface area is 68.8 Å². The Morgan fingerprint density at radius 2 is 2.00 bits per heavy atom. The normalized spacial score (nSPS) is 26.7. The minimum absolute atomic E-state index is 0.0428. The van der Waals surface area contributed by atoms with Crippen molar-refractivity contribution in [2.24, 2.45) is 17.1 Å². The highest BCUT2D eigenvalue weighted by Crippen LogP contribution is 2.55. The minimum Gasteiger partial charge on any atom is -0.389 e. The van der Waals surface area contributed by atoms with Gasteiger partial charge in [-0.2, -0.15) is 0 Å². The topological polar surface area (TPSA) is 46.2 Å². The summed E-state index contributed by atoms with van der Waals surface area (Å²) >= 11 is 0. The Balaban J connectivity index is 2.71. The van der Waals surface area contributed by atoms with Crippen molar-refractivity contribution in [3.63, 3.8) is 0 Å². The van der Waals surface area contributed by atoms with Crippen LogP contribution in [0, 0.1) is 11.3 Å². The number of rotatable bonds is 3. The van der Waals surface area contributed by atoms with Crippen molar-refractivity contribution >= 4 is 0 Å². The van der Waals surface area contributed by atoms with Crippen molar-refractivity contribution in [2.45, 2.75) is 39.2 Å². The Bertz CT molecular complexity index is 148. The summed E-state index contributed by atoms with van der Waals surface area (Å²) in [5, 5.41) is 10.1. The van der Waals surface area contributed by atoms with Gasteiger partial charge in [-0.05, 0) is 25.7 Å². The van der Waals surface area contributed by atoms with Crippen molar-refractivity contribution in [3.05, 3.63) is 0 Å². The van der Waals surface area contributed by atoms with E-state index in [4.69, 9.17) is 5.73 Å². The van der Waals surface area contributed by atoms with Crippen molar-refractivity contribution in [1.82, 2.24) is 0 Å². The zero-order valence-corrected chi connectivity index (χ0v) is 7.72. The quantitative estimate of drug-likeness (QED) is 0.645. The molecule has 0 aliphatic heterocycles. The van der Waals surface area contributed by atoms with E-state index in [2.05, 4.69) is 13.8 Å². The van der Waals surface area contributed by atoms with E-state index < -0.39 is 5.60 Å². The molecule has 0 aromatic heterocycles. The van der Waals surface area contributed by atoms with Gasteiger partial charge in [0.2, 0.25) is 0 Å². The molecule has 0 heterocycles. The fourth-order valence-electron chi connectivity index (χ4n) is 1.68. The largest absolute Gasteiger partial charge is 0.389 e. The molecule has 0 aromatic carbocycles. The number of nitrogens with two attached hydrogens (primary N) is 1. The molecule has 3 N–H and O–H groups in total. The maximum Gasteiger partial charge on any atom is 0.0710 e. The monoisotopic (exact) mass is 157 g/mol. The van der Waals surface area contributed by atoms with Gasteiger partial charge in [0.25, 0.3) is 0 Å². The van der Waals surface area contributed by atoms with E-state index >= 15 is 0 Å². The van der Waals surface area contributed by atoms with Gasteiger partial charge in [0.15, 0.2) is 0 Å². The summed E-state index contributed by atoms with van der Waals surface area (Å²) in [6, 6.07) is 0. The van der Waals surface area contributed by atoms with Crippen LogP contribution in [0.1, 0.15) is 33.6 Å². The first-order valence-corrected chi connectivity index (χ1v) is 4.39. The van der Waals surface area contributed by atoms with Gasteiger partial charge in [0.1, 0.15) is 0 Å². The predicted molar refractivity (Wildman–Crippen MR) is 46.2 cm³/mol. The smallest absolute Gasteiger partial charge is 0.0710 e. The molecule has 0 spiro atoms. The summed E-state index contributed by atoms with van der Waals surface area (Å²) < 4.78 is 0. The van der Waals surface area contributed by atoms with Gasteiger partial charge < -0.3 is 10.8 Å². The van der Waals surface area contributed by atoms with E-state index in [1.54, 1.807) is 0 Å². The molecular weight excluding hydrogens is 138 g/mol. The molecule has 0 saturated heterocycles. The van der Waals surface area contributed by atoms with Crippen LogP contribution in [0.3, 0.4) is 0 Å². The number of hydrogen-bond acceptors (Lipinski definition) is 2. The molecule has 66 valence electrons. The third kappa shape index (κ3) is 1.18. The molecule has 1 rings (SSSR count). The standard InChI is InChI=1S/C9H19NO/c1-7(2)8(3,11)9(6-10)4-5-9/h7,11H,4-6,10H2,1-3H3. The summed E-state index contributed by atoms with van der Waals surface area (Å²) in [5.41, 5.74) is 5.11. The van der Waals surface area contributed by atoms with Crippen LogP contribution in [0.4, 0.5) is 0 Å². The van der Waals surface area contributed by atoms with Crippen LogP contribution in [0.5, 0.6) is 0 Å². The lowest BCUT2D eigenvalue weighted by Gasteiger charge is -2.36. The van der Waals surface area contributed by atoms with Crippen LogP contribution in [0.25, 0.3) is 0 Å². The van der Waals surface area contributed by atoms with Gasteiger partial charge in [-0.15, -0.1) is 0 Å². The van der Waals surface area contributed by atoms with Gasteiger partial charge in [0, 0.05) is 12.0 Å². The average Bonchev–Trinajstić information content (AvgIpc) is 2.66. The van der Waals surface area contributed by atoms with Crippen LogP contribution in [0.15, 0.2) is 0 Å². The fourth-order valence-corrected chi connectivity index (χ4v) is 1.68. The second-order valence-corrected chi connectivity index (χ2v) is 4.29. The van der Waals surface area contributed by atoms with E-state index in [0.717, 1.165) is 12.8 Å². The molecule has 2 heteroatoms. The first kappa shape index (κ1) is 9.01. The van der Waals surface area contributed by atoms with Crippen LogP contribution >= 0.6 is 0 Å². The second-order valence-electron chi connectivity index (χ2n) is 4.29. The van der Waals surface area contributed by atoms with Gasteiger partial charge in [-0.3, -0.25) is 0 Å². The molecule has 0 amide bonds. The maximum atomic E-state index is 10.1. The van der Waals surface area contributed by atoms with Crippen molar-refractivity contribution in [2.75, 3.05) is 6.54 Å². The molecule has 2 nitrogen and oxygen atoms in total. The molecule has 1 unspecified atom stereocenters. The maximum absolute atomic E-state index is 10.1. The van der Waals surface area contributed by atoms with Crippen LogP contribution < -0.4 is 5.73 Å². The summed E-state index contributed by atoms with van der Waals surface area (Å²) in [6.07, 6.45) is 2.18. The van der Waals surface area contributed by atoms with Crippen LogP contribution in [-0.4, -0.2) is 17.3 Å². The summed E-state index contributed by atoms with van der Waals surface area (Å²) in [6.45, 7) is 6.64. The molecule has 1 saturated carbocycles. The van der Waals surface area contributed by atoms with Crippen LogP contribution in [-0.2, 0) is 0 Å². The summed E-state index contributed by atoms with van der Waals surface area (Å²) in [7, 11) is 0. The van der Waals surface area contributed by atoms with Gasteiger partial charge in [-0.1, -0.05) is 13.8 Å². The molecule has 0 radical (unpaired) electrons. The second kappa shape index (κ2) is 2.46. The first-order valence-electron chi connectivity index (χ1n) is 4.39. The molecule has 1 fully saturated rings. The molecule has 1 aliphatic carbocycles. The van der Waals surface area contributed by atoms with E-state index in [1.165, 1.54) is 0 Å². The van der Waals surface area contributed by atoms with Gasteiger partial charge in [-0.25, -0.2) is 0 Å². The van der Waals surface area contributed by atoms with Crippen LogP contribution in [0.2, 0.25) is 0 Å². The SMILES string of the molecule is CC(C)C(C)(O)C1(CN)CC1. The van der Waals surface area contributed by atoms with E-state index in [9.17, 15) is 5.11 Å². The Morgan fingerprint density at radius 3 is 2.09 bits per heavy atom. The lowest BCUT2D eigenvalue weighted by atomic mass is 9.77. The molecule has 1 atom stereocenters. The number of aliphatic hydroxyl groups is 1. The molecule has 0 aromatic rings. The molecule has 1 aliphatic rings. The zero-order valence-electron chi connectivity index (χ0n) is 7.72. The Hall–Kier alpha value is -0.0800. The Morgan fingerprint density at radius 1 is 1.55 bits per heavy atom. The summed E-state index contributed by atoms with van der Waals surface area (Å²) in [4.78, 5) is 0. The highest BCUT2D eigenvalue weighted by molar-refractivity contribution is 5.07. The van der Waals surface area contributed by atoms with Crippen molar-refractivity contribution in [3.8, 4) is 0 Å². The van der Waals surface area contributed by atoms with Crippen molar-refractivity contribution in [1.29, 1.82) is 0 Å². The molecular formula is C9H19NO. The lowest BCUT2D eigenvalue weighted by molar-refractivity contribution is -0.0519.